The molecule has 1 aromatic rings. The number of fused-ring (bicyclic) bond motifs is 1. The van der Waals surface area contributed by atoms with Gasteiger partial charge in [0, 0.05) is 19.7 Å². The minimum Gasteiger partial charge on any atom is -0.484 e. The van der Waals surface area contributed by atoms with Gasteiger partial charge in [0.2, 0.25) is 0 Å². The van der Waals surface area contributed by atoms with Crippen LogP contribution in [0.15, 0.2) is 18.2 Å². The number of Topliss-reactive ketones (excluding diaryl/α,β-unsaturated/α-hetero) is 1. The standard InChI is InChI=1S/C18H24N2O4/c1-4-23-12-8-9-20(11-12)17(22)19-14-7-5-6-13-15(21)10-18(2,3)24-16(13)14/h5-7,12H,4,8-11H2,1-3H3,(H,19,22)/t12-/m0/s1. The molecule has 0 aromatic heterocycles. The molecule has 1 saturated heterocycles. The van der Waals surface area contributed by atoms with Crippen molar-refractivity contribution in [1.29, 1.82) is 0 Å². The van der Waals surface area contributed by atoms with Gasteiger partial charge in [-0.3, -0.25) is 4.79 Å². The minimum absolute atomic E-state index is 0.0370. The van der Waals surface area contributed by atoms with E-state index < -0.39 is 5.60 Å². The van der Waals surface area contributed by atoms with Crippen molar-refractivity contribution in [1.82, 2.24) is 4.90 Å². The Labute approximate surface area is 142 Å². The maximum absolute atomic E-state index is 12.5. The zero-order valence-electron chi connectivity index (χ0n) is 14.4. The summed E-state index contributed by atoms with van der Waals surface area (Å²) in [4.78, 5) is 26.5. The molecule has 2 heterocycles. The number of urea groups is 1. The van der Waals surface area contributed by atoms with Crippen LogP contribution < -0.4 is 10.1 Å². The van der Waals surface area contributed by atoms with Crippen LogP contribution in [-0.2, 0) is 4.74 Å². The first-order valence-corrected chi connectivity index (χ1v) is 8.42. The highest BCUT2D eigenvalue weighted by molar-refractivity contribution is 6.03. The maximum atomic E-state index is 12.5. The Bertz CT molecular complexity index is 656. The highest BCUT2D eigenvalue weighted by atomic mass is 16.5. The summed E-state index contributed by atoms with van der Waals surface area (Å²) in [5.74, 6) is 0.502. The highest BCUT2D eigenvalue weighted by Crippen LogP contribution is 2.38. The first-order chi connectivity index (χ1) is 11.4. The van der Waals surface area contributed by atoms with Crippen molar-refractivity contribution < 1.29 is 19.1 Å². The van der Waals surface area contributed by atoms with Crippen molar-refractivity contribution in [3.63, 3.8) is 0 Å². The Morgan fingerprint density at radius 3 is 3.00 bits per heavy atom. The third-order valence-electron chi connectivity index (χ3n) is 4.36. The Hall–Kier alpha value is -2.08. The number of ether oxygens (including phenoxy) is 2. The Morgan fingerprint density at radius 2 is 2.25 bits per heavy atom. The molecule has 0 unspecified atom stereocenters. The summed E-state index contributed by atoms with van der Waals surface area (Å²) in [5, 5.41) is 2.89. The summed E-state index contributed by atoms with van der Waals surface area (Å²) in [5.41, 5.74) is 0.498. The number of ketones is 1. The molecular formula is C18H24N2O4. The number of carbonyl (C=O) groups is 2. The highest BCUT2D eigenvalue weighted by Gasteiger charge is 2.34. The lowest BCUT2D eigenvalue weighted by Gasteiger charge is -2.33. The number of anilines is 1. The van der Waals surface area contributed by atoms with Gasteiger partial charge in [0.25, 0.3) is 0 Å². The average Bonchev–Trinajstić information content (AvgIpc) is 2.96. The molecule has 0 aliphatic carbocycles. The largest absolute Gasteiger partial charge is 0.484 e. The van der Waals surface area contributed by atoms with Crippen molar-refractivity contribution in [3.05, 3.63) is 23.8 Å². The lowest BCUT2D eigenvalue weighted by molar-refractivity contribution is 0.0624. The number of carbonyl (C=O) groups excluding carboxylic acids is 2. The van der Waals surface area contributed by atoms with Gasteiger partial charge in [-0.25, -0.2) is 4.79 Å². The molecule has 0 spiro atoms. The van der Waals surface area contributed by atoms with Gasteiger partial charge in [-0.2, -0.15) is 0 Å². The number of nitrogens with zero attached hydrogens (tertiary/aromatic N) is 1. The minimum atomic E-state index is -0.571. The summed E-state index contributed by atoms with van der Waals surface area (Å²) in [7, 11) is 0. The molecule has 1 aromatic carbocycles. The van der Waals surface area contributed by atoms with Crippen LogP contribution in [0.2, 0.25) is 0 Å². The molecule has 0 saturated carbocycles. The molecule has 2 aliphatic rings. The number of rotatable bonds is 3. The number of hydrogen-bond acceptors (Lipinski definition) is 4. The topological polar surface area (TPSA) is 67.9 Å². The quantitative estimate of drug-likeness (QED) is 0.924. The van der Waals surface area contributed by atoms with Gasteiger partial charge in [-0.05, 0) is 39.3 Å². The van der Waals surface area contributed by atoms with E-state index in [9.17, 15) is 9.59 Å². The zero-order chi connectivity index (χ0) is 17.3. The van der Waals surface area contributed by atoms with Gasteiger partial charge in [-0.1, -0.05) is 6.07 Å². The predicted octanol–water partition coefficient (Wildman–Crippen LogP) is 3.07. The van der Waals surface area contributed by atoms with Crippen LogP contribution in [0, 0.1) is 0 Å². The molecule has 1 fully saturated rings. The molecule has 0 radical (unpaired) electrons. The van der Waals surface area contributed by atoms with Gasteiger partial charge in [0.1, 0.15) is 5.60 Å². The summed E-state index contributed by atoms with van der Waals surface area (Å²) < 4.78 is 11.5. The van der Waals surface area contributed by atoms with E-state index in [1.807, 2.05) is 20.8 Å². The lowest BCUT2D eigenvalue weighted by Crippen LogP contribution is -2.37. The molecule has 2 aliphatic heterocycles. The fraction of sp³-hybridized carbons (Fsp3) is 0.556. The summed E-state index contributed by atoms with van der Waals surface area (Å²) >= 11 is 0. The fourth-order valence-corrected chi connectivity index (χ4v) is 3.24. The van der Waals surface area contributed by atoms with E-state index in [2.05, 4.69) is 5.32 Å². The summed E-state index contributed by atoms with van der Waals surface area (Å²) in [6.07, 6.45) is 1.28. The van der Waals surface area contributed by atoms with Crippen LogP contribution in [0.25, 0.3) is 0 Å². The van der Waals surface area contributed by atoms with Crippen molar-refractivity contribution in [2.75, 3.05) is 25.0 Å². The molecule has 6 nitrogen and oxygen atoms in total. The van der Waals surface area contributed by atoms with E-state index in [4.69, 9.17) is 9.47 Å². The molecule has 130 valence electrons. The van der Waals surface area contributed by atoms with Crippen LogP contribution in [0.5, 0.6) is 5.75 Å². The van der Waals surface area contributed by atoms with Gasteiger partial charge in [0.15, 0.2) is 11.5 Å². The second-order valence-corrected chi connectivity index (χ2v) is 6.89. The molecule has 3 rings (SSSR count). The Kier molecular flexibility index (Phi) is 4.49. The SMILES string of the molecule is CCO[C@H]1CCN(C(=O)Nc2cccc3c2OC(C)(C)CC3=O)C1. The maximum Gasteiger partial charge on any atom is 0.322 e. The number of hydrogen-bond donors (Lipinski definition) is 1. The number of nitrogens with one attached hydrogen (secondary N) is 1. The van der Waals surface area contributed by atoms with Crippen LogP contribution in [0.1, 0.15) is 44.0 Å². The average molecular weight is 332 g/mol. The van der Waals surface area contributed by atoms with Gasteiger partial charge >= 0.3 is 6.03 Å². The van der Waals surface area contributed by atoms with Crippen molar-refractivity contribution in [3.8, 4) is 5.75 Å². The zero-order valence-corrected chi connectivity index (χ0v) is 14.4. The second kappa shape index (κ2) is 6.43. The summed E-state index contributed by atoms with van der Waals surface area (Å²) in [6, 6.07) is 5.08. The van der Waals surface area contributed by atoms with E-state index in [0.717, 1.165) is 6.42 Å². The molecule has 24 heavy (non-hydrogen) atoms. The number of likely N-dealkylation sites (tertiary alicyclic amines) is 1. The first-order valence-electron chi connectivity index (χ1n) is 8.42. The second-order valence-electron chi connectivity index (χ2n) is 6.89. The van der Waals surface area contributed by atoms with Gasteiger partial charge < -0.3 is 19.7 Å². The van der Waals surface area contributed by atoms with E-state index in [0.29, 0.717) is 43.1 Å². The van der Waals surface area contributed by atoms with Gasteiger partial charge in [0.05, 0.1) is 23.8 Å². The molecule has 2 amide bonds. The molecule has 1 N–H and O–H groups in total. The molecule has 1 atom stereocenters. The predicted molar refractivity (Wildman–Crippen MR) is 90.7 cm³/mol. The van der Waals surface area contributed by atoms with E-state index in [1.165, 1.54) is 0 Å². The molecule has 6 heteroatoms. The molecular weight excluding hydrogens is 308 g/mol. The van der Waals surface area contributed by atoms with E-state index in [1.54, 1.807) is 23.1 Å². The van der Waals surface area contributed by atoms with Crippen LogP contribution in [0.3, 0.4) is 0 Å². The normalized spacial score (nSPS) is 22.0. The smallest absolute Gasteiger partial charge is 0.322 e. The van der Waals surface area contributed by atoms with Gasteiger partial charge in [-0.15, -0.1) is 0 Å². The first kappa shape index (κ1) is 16.8. The monoisotopic (exact) mass is 332 g/mol. The Balaban J connectivity index is 1.76. The number of benzene rings is 1. The third-order valence-corrected chi connectivity index (χ3v) is 4.36. The third kappa shape index (κ3) is 3.38. The van der Waals surface area contributed by atoms with E-state index >= 15 is 0 Å². The van der Waals surface area contributed by atoms with Crippen molar-refractivity contribution in [2.45, 2.75) is 45.3 Å². The fourth-order valence-electron chi connectivity index (χ4n) is 3.24. The number of amides is 2. The van der Waals surface area contributed by atoms with Crippen LogP contribution in [0.4, 0.5) is 10.5 Å². The van der Waals surface area contributed by atoms with Crippen molar-refractivity contribution in [2.24, 2.45) is 0 Å². The summed E-state index contributed by atoms with van der Waals surface area (Å²) in [6.45, 7) is 7.60. The van der Waals surface area contributed by atoms with Crippen LogP contribution >= 0.6 is 0 Å². The van der Waals surface area contributed by atoms with Crippen LogP contribution in [-0.4, -0.2) is 48.1 Å². The number of para-hydroxylation sites is 1. The Morgan fingerprint density at radius 1 is 1.46 bits per heavy atom. The van der Waals surface area contributed by atoms with E-state index in [-0.39, 0.29) is 17.9 Å². The van der Waals surface area contributed by atoms with Crippen molar-refractivity contribution >= 4 is 17.5 Å². The molecule has 0 bridgehead atoms. The lowest BCUT2D eigenvalue weighted by atomic mass is 9.92.